The van der Waals surface area contributed by atoms with E-state index in [2.05, 4.69) is 17.2 Å². The Hall–Kier alpha value is -2.33. The number of carbonyl (C=O) groups excluding carboxylic acids is 1. The molecular weight excluding hydrogens is 310 g/mol. The highest BCUT2D eigenvalue weighted by molar-refractivity contribution is 6.31. The quantitative estimate of drug-likeness (QED) is 0.760. The number of benzene rings is 2. The maximum atomic E-state index is 12.3. The number of aromatic nitrogens is 2. The Kier molecular flexibility index (Phi) is 4.63. The molecule has 1 heterocycles. The molecule has 0 fully saturated rings. The van der Waals surface area contributed by atoms with Crippen molar-refractivity contribution in [1.82, 2.24) is 9.55 Å². The van der Waals surface area contributed by atoms with Crippen molar-refractivity contribution in [2.45, 2.75) is 26.3 Å². The van der Waals surface area contributed by atoms with Crippen LogP contribution < -0.4 is 5.32 Å². The van der Waals surface area contributed by atoms with Gasteiger partial charge in [-0.15, -0.1) is 0 Å². The summed E-state index contributed by atoms with van der Waals surface area (Å²) in [4.78, 5) is 16.9. The molecule has 0 unspecified atom stereocenters. The minimum atomic E-state index is -0.120. The summed E-state index contributed by atoms with van der Waals surface area (Å²) < 4.78 is 2.04. The number of rotatable bonds is 5. The molecule has 0 atom stereocenters. The summed E-state index contributed by atoms with van der Waals surface area (Å²) in [5.74, 6) is 0.468. The van der Waals surface area contributed by atoms with Crippen molar-refractivity contribution in [1.29, 1.82) is 0 Å². The van der Waals surface area contributed by atoms with Gasteiger partial charge in [0, 0.05) is 11.6 Å². The monoisotopic (exact) mass is 327 g/mol. The minimum Gasteiger partial charge on any atom is -0.310 e. The van der Waals surface area contributed by atoms with Crippen LogP contribution in [0.1, 0.15) is 18.9 Å². The van der Waals surface area contributed by atoms with Gasteiger partial charge in [0.25, 0.3) is 0 Å². The molecule has 0 saturated heterocycles. The fourth-order valence-corrected chi connectivity index (χ4v) is 2.81. The molecule has 5 heteroatoms. The van der Waals surface area contributed by atoms with E-state index >= 15 is 0 Å². The summed E-state index contributed by atoms with van der Waals surface area (Å²) >= 11 is 6.12. The first-order valence-electron chi connectivity index (χ1n) is 7.67. The Morgan fingerprint density at radius 2 is 1.91 bits per heavy atom. The average Bonchev–Trinajstić information content (AvgIpc) is 2.88. The third-order valence-corrected chi connectivity index (χ3v) is 4.03. The van der Waals surface area contributed by atoms with Crippen LogP contribution in [-0.4, -0.2) is 15.5 Å². The van der Waals surface area contributed by atoms with E-state index < -0.39 is 0 Å². The molecule has 3 rings (SSSR count). The van der Waals surface area contributed by atoms with E-state index in [0.717, 1.165) is 29.6 Å². The molecule has 0 bridgehead atoms. The van der Waals surface area contributed by atoms with Crippen LogP contribution >= 0.6 is 11.6 Å². The number of halogens is 1. The molecule has 0 aliphatic heterocycles. The van der Waals surface area contributed by atoms with Crippen molar-refractivity contribution in [2.24, 2.45) is 0 Å². The van der Waals surface area contributed by atoms with Crippen molar-refractivity contribution >= 4 is 34.5 Å². The fraction of sp³-hybridized carbons (Fsp3) is 0.222. The van der Waals surface area contributed by atoms with E-state index in [4.69, 9.17) is 11.6 Å². The van der Waals surface area contributed by atoms with Crippen LogP contribution in [0.3, 0.4) is 0 Å². The molecule has 1 amide bonds. The second-order valence-electron chi connectivity index (χ2n) is 5.39. The lowest BCUT2D eigenvalue weighted by Gasteiger charge is -2.09. The summed E-state index contributed by atoms with van der Waals surface area (Å²) in [6.45, 7) is 2.91. The second-order valence-corrected chi connectivity index (χ2v) is 5.80. The zero-order valence-electron chi connectivity index (χ0n) is 12.9. The molecule has 3 aromatic rings. The van der Waals surface area contributed by atoms with Crippen molar-refractivity contribution in [3.8, 4) is 0 Å². The zero-order chi connectivity index (χ0) is 16.2. The number of para-hydroxylation sites is 2. The predicted octanol–water partition coefficient (Wildman–Crippen LogP) is 4.28. The van der Waals surface area contributed by atoms with Gasteiger partial charge in [-0.25, -0.2) is 4.98 Å². The van der Waals surface area contributed by atoms with Gasteiger partial charge < -0.3 is 4.57 Å². The number of hydrogen-bond donors (Lipinski definition) is 1. The highest BCUT2D eigenvalue weighted by atomic mass is 35.5. The van der Waals surface area contributed by atoms with E-state index in [0.29, 0.717) is 11.0 Å². The zero-order valence-corrected chi connectivity index (χ0v) is 13.7. The third kappa shape index (κ3) is 3.37. The van der Waals surface area contributed by atoms with Crippen LogP contribution in [0.25, 0.3) is 11.0 Å². The van der Waals surface area contributed by atoms with Crippen LogP contribution in [0.4, 0.5) is 5.95 Å². The Balaban J connectivity index is 1.84. The average molecular weight is 328 g/mol. The standard InChI is InChI=1S/C18H18ClN3O/c1-2-11-22-16-10-6-5-9-15(16)20-18(22)21-17(23)12-13-7-3-4-8-14(13)19/h3-10H,2,11-12H2,1H3,(H,20,21,23). The van der Waals surface area contributed by atoms with Crippen molar-refractivity contribution < 1.29 is 4.79 Å². The number of fused-ring (bicyclic) bond motifs is 1. The number of nitrogens with one attached hydrogen (secondary N) is 1. The van der Waals surface area contributed by atoms with Crippen LogP contribution in [-0.2, 0) is 17.8 Å². The van der Waals surface area contributed by atoms with E-state index in [-0.39, 0.29) is 12.3 Å². The number of anilines is 1. The van der Waals surface area contributed by atoms with Gasteiger partial charge in [0.05, 0.1) is 17.5 Å². The van der Waals surface area contributed by atoms with Gasteiger partial charge in [-0.05, 0) is 30.2 Å². The first kappa shape index (κ1) is 15.6. The normalized spacial score (nSPS) is 10.9. The van der Waals surface area contributed by atoms with Crippen molar-refractivity contribution in [3.05, 3.63) is 59.1 Å². The molecule has 0 saturated carbocycles. The summed E-state index contributed by atoms with van der Waals surface area (Å²) in [6.07, 6.45) is 1.20. The van der Waals surface area contributed by atoms with Crippen molar-refractivity contribution in [3.63, 3.8) is 0 Å². The van der Waals surface area contributed by atoms with E-state index in [1.54, 1.807) is 6.07 Å². The molecule has 0 aliphatic rings. The van der Waals surface area contributed by atoms with Gasteiger partial charge in [0.1, 0.15) is 0 Å². The minimum absolute atomic E-state index is 0.120. The topological polar surface area (TPSA) is 46.9 Å². The van der Waals surface area contributed by atoms with Gasteiger partial charge in [-0.1, -0.05) is 48.9 Å². The number of carbonyl (C=O) groups is 1. The van der Waals surface area contributed by atoms with E-state index in [1.807, 2.05) is 47.0 Å². The lowest BCUT2D eigenvalue weighted by molar-refractivity contribution is -0.115. The van der Waals surface area contributed by atoms with Crippen molar-refractivity contribution in [2.75, 3.05) is 5.32 Å². The number of nitrogens with zero attached hydrogens (tertiary/aromatic N) is 2. The maximum Gasteiger partial charge on any atom is 0.231 e. The van der Waals surface area contributed by atoms with E-state index in [9.17, 15) is 4.79 Å². The molecule has 4 nitrogen and oxygen atoms in total. The Morgan fingerprint density at radius 1 is 1.17 bits per heavy atom. The van der Waals surface area contributed by atoms with Crippen LogP contribution in [0.2, 0.25) is 5.02 Å². The van der Waals surface area contributed by atoms with Gasteiger partial charge in [-0.2, -0.15) is 0 Å². The first-order chi connectivity index (χ1) is 11.2. The third-order valence-electron chi connectivity index (χ3n) is 3.66. The summed E-state index contributed by atoms with van der Waals surface area (Å²) in [5, 5.41) is 3.52. The fourth-order valence-electron chi connectivity index (χ4n) is 2.60. The molecule has 0 radical (unpaired) electrons. The summed E-state index contributed by atoms with van der Waals surface area (Å²) in [7, 11) is 0. The predicted molar refractivity (Wildman–Crippen MR) is 93.8 cm³/mol. The smallest absolute Gasteiger partial charge is 0.231 e. The molecule has 1 aromatic heterocycles. The molecule has 23 heavy (non-hydrogen) atoms. The van der Waals surface area contributed by atoms with Gasteiger partial charge in [-0.3, -0.25) is 10.1 Å². The largest absolute Gasteiger partial charge is 0.310 e. The van der Waals surface area contributed by atoms with Crippen LogP contribution in [0.15, 0.2) is 48.5 Å². The summed E-state index contributed by atoms with van der Waals surface area (Å²) in [5.41, 5.74) is 2.72. The second kappa shape index (κ2) is 6.84. The van der Waals surface area contributed by atoms with Gasteiger partial charge in [0.2, 0.25) is 11.9 Å². The molecular formula is C18H18ClN3O. The molecule has 0 aliphatic carbocycles. The Labute approximate surface area is 140 Å². The SMILES string of the molecule is CCCn1c(NC(=O)Cc2ccccc2Cl)nc2ccccc21. The highest BCUT2D eigenvalue weighted by Gasteiger charge is 2.13. The highest BCUT2D eigenvalue weighted by Crippen LogP contribution is 2.21. The first-order valence-corrected chi connectivity index (χ1v) is 8.05. The number of aryl methyl sites for hydroxylation is 1. The number of imidazole rings is 1. The van der Waals surface area contributed by atoms with Crippen LogP contribution in [0.5, 0.6) is 0 Å². The molecule has 0 spiro atoms. The lowest BCUT2D eigenvalue weighted by Crippen LogP contribution is -2.18. The molecule has 2 aromatic carbocycles. The number of hydrogen-bond acceptors (Lipinski definition) is 2. The number of amides is 1. The lowest BCUT2D eigenvalue weighted by atomic mass is 10.1. The summed E-state index contributed by atoms with van der Waals surface area (Å²) in [6, 6.07) is 15.3. The van der Waals surface area contributed by atoms with Crippen LogP contribution in [0, 0.1) is 0 Å². The Bertz CT molecular complexity index is 841. The van der Waals surface area contributed by atoms with E-state index in [1.165, 1.54) is 0 Å². The van der Waals surface area contributed by atoms with Gasteiger partial charge in [0.15, 0.2) is 0 Å². The molecule has 118 valence electrons. The van der Waals surface area contributed by atoms with Gasteiger partial charge >= 0.3 is 0 Å². The Morgan fingerprint density at radius 3 is 2.70 bits per heavy atom. The maximum absolute atomic E-state index is 12.3. The molecule has 1 N–H and O–H groups in total.